The second-order valence-electron chi connectivity index (χ2n) is 4.83. The number of methoxy groups -OCH3 is 1. The molecule has 0 rings (SSSR count). The van der Waals surface area contributed by atoms with Crippen LogP contribution >= 0.6 is 0 Å². The minimum atomic E-state index is -0.343. The molecule has 0 aromatic rings. The highest BCUT2D eigenvalue weighted by Gasteiger charge is 2.17. The third kappa shape index (κ3) is 9.84. The summed E-state index contributed by atoms with van der Waals surface area (Å²) < 4.78 is 9.39. The van der Waals surface area contributed by atoms with Crippen molar-refractivity contribution in [1.82, 2.24) is 10.2 Å². The van der Waals surface area contributed by atoms with E-state index in [2.05, 4.69) is 10.1 Å². The molecule has 122 valence electrons. The highest BCUT2D eigenvalue weighted by atomic mass is 16.5. The molecule has 1 amide bonds. The van der Waals surface area contributed by atoms with Gasteiger partial charge in [0.2, 0.25) is 5.91 Å². The number of ether oxygens (including phenoxy) is 2. The molecular formula is C14H26N2O5. The van der Waals surface area contributed by atoms with Crippen LogP contribution in [-0.4, -0.2) is 62.1 Å². The summed E-state index contributed by atoms with van der Waals surface area (Å²) in [7, 11) is 1.33. The zero-order valence-electron chi connectivity index (χ0n) is 13.3. The lowest BCUT2D eigenvalue weighted by Crippen LogP contribution is -2.43. The summed E-state index contributed by atoms with van der Waals surface area (Å²) in [5.41, 5.74) is 0. The Morgan fingerprint density at radius 1 is 1.14 bits per heavy atom. The van der Waals surface area contributed by atoms with Crippen molar-refractivity contribution in [2.45, 2.75) is 39.7 Å². The van der Waals surface area contributed by atoms with Crippen molar-refractivity contribution in [2.75, 3.05) is 33.4 Å². The van der Waals surface area contributed by atoms with Crippen molar-refractivity contribution in [3.8, 4) is 0 Å². The molecule has 0 atom stereocenters. The van der Waals surface area contributed by atoms with E-state index in [9.17, 15) is 14.4 Å². The maximum Gasteiger partial charge on any atom is 0.320 e. The number of amides is 1. The second kappa shape index (κ2) is 11.1. The molecule has 7 heteroatoms. The van der Waals surface area contributed by atoms with Gasteiger partial charge in [0.25, 0.3) is 0 Å². The van der Waals surface area contributed by atoms with Gasteiger partial charge in [-0.1, -0.05) is 0 Å². The molecule has 0 aliphatic carbocycles. The first-order chi connectivity index (χ1) is 9.90. The summed E-state index contributed by atoms with van der Waals surface area (Å²) in [6.45, 7) is 6.48. The summed E-state index contributed by atoms with van der Waals surface area (Å²) >= 11 is 0. The Bertz CT molecular complexity index is 344. The standard InChI is InChI=1S/C14H26N2O5/c1-5-21-14(19)10-16(11(2)3)9-12(17)15-8-6-7-13(18)20-4/h11H,5-10H2,1-4H3,(H,15,17). The van der Waals surface area contributed by atoms with Gasteiger partial charge < -0.3 is 14.8 Å². The summed E-state index contributed by atoms with van der Waals surface area (Å²) in [5.74, 6) is -0.821. The van der Waals surface area contributed by atoms with Gasteiger partial charge in [-0.3, -0.25) is 19.3 Å². The summed E-state index contributed by atoms with van der Waals surface area (Å²) in [6.07, 6.45) is 0.797. The number of esters is 2. The third-order valence-electron chi connectivity index (χ3n) is 2.82. The number of carbonyl (C=O) groups excluding carboxylic acids is 3. The van der Waals surface area contributed by atoms with E-state index in [0.29, 0.717) is 19.6 Å². The van der Waals surface area contributed by atoms with Crippen LogP contribution in [0.2, 0.25) is 0 Å². The fraction of sp³-hybridized carbons (Fsp3) is 0.786. The molecule has 0 unspecified atom stereocenters. The minimum Gasteiger partial charge on any atom is -0.469 e. The molecule has 1 N–H and O–H groups in total. The number of nitrogens with zero attached hydrogens (tertiary/aromatic N) is 1. The molecule has 21 heavy (non-hydrogen) atoms. The number of nitrogens with one attached hydrogen (secondary N) is 1. The molecule has 0 aromatic carbocycles. The Hall–Kier alpha value is -1.63. The molecule has 0 aromatic heterocycles. The van der Waals surface area contributed by atoms with Crippen LogP contribution in [0.4, 0.5) is 0 Å². The first-order valence-corrected chi connectivity index (χ1v) is 7.13. The lowest BCUT2D eigenvalue weighted by Gasteiger charge is -2.24. The van der Waals surface area contributed by atoms with Crippen LogP contribution in [0.15, 0.2) is 0 Å². The van der Waals surface area contributed by atoms with E-state index in [1.807, 2.05) is 13.8 Å². The number of hydrogen-bond donors (Lipinski definition) is 1. The van der Waals surface area contributed by atoms with Crippen LogP contribution in [0.25, 0.3) is 0 Å². The predicted molar refractivity (Wildman–Crippen MR) is 77.6 cm³/mol. The summed E-state index contributed by atoms with van der Waals surface area (Å²) in [5, 5.41) is 2.71. The maximum absolute atomic E-state index is 11.8. The van der Waals surface area contributed by atoms with Crippen molar-refractivity contribution in [3.05, 3.63) is 0 Å². The smallest absolute Gasteiger partial charge is 0.320 e. The molecule has 0 radical (unpaired) electrons. The van der Waals surface area contributed by atoms with Crippen molar-refractivity contribution in [3.63, 3.8) is 0 Å². The monoisotopic (exact) mass is 302 g/mol. The van der Waals surface area contributed by atoms with Gasteiger partial charge in [-0.15, -0.1) is 0 Å². The zero-order chi connectivity index (χ0) is 16.3. The van der Waals surface area contributed by atoms with Crippen LogP contribution in [0, 0.1) is 0 Å². The van der Waals surface area contributed by atoms with E-state index in [-0.39, 0.29) is 43.4 Å². The van der Waals surface area contributed by atoms with Crippen LogP contribution < -0.4 is 5.32 Å². The van der Waals surface area contributed by atoms with Gasteiger partial charge >= 0.3 is 11.9 Å². The summed E-state index contributed by atoms with van der Waals surface area (Å²) in [6, 6.07) is 0.0511. The Labute approximate surface area is 126 Å². The molecule has 0 aliphatic heterocycles. The number of carbonyl (C=O) groups is 3. The molecule has 0 bridgehead atoms. The SMILES string of the molecule is CCOC(=O)CN(CC(=O)NCCCC(=O)OC)C(C)C. The third-order valence-corrected chi connectivity index (χ3v) is 2.82. The molecule has 0 fully saturated rings. The highest BCUT2D eigenvalue weighted by molar-refractivity contribution is 5.79. The predicted octanol–water partition coefficient (Wildman–Crippen LogP) is 0.329. The average Bonchev–Trinajstić information content (AvgIpc) is 2.42. The zero-order valence-corrected chi connectivity index (χ0v) is 13.3. The van der Waals surface area contributed by atoms with Crippen LogP contribution in [0.3, 0.4) is 0 Å². The highest BCUT2D eigenvalue weighted by Crippen LogP contribution is 1.99. The van der Waals surface area contributed by atoms with Gasteiger partial charge in [0, 0.05) is 19.0 Å². The van der Waals surface area contributed by atoms with Crippen LogP contribution in [0.1, 0.15) is 33.6 Å². The Balaban J connectivity index is 4.06. The van der Waals surface area contributed by atoms with E-state index < -0.39 is 0 Å². The summed E-state index contributed by atoms with van der Waals surface area (Å²) in [4.78, 5) is 35.9. The fourth-order valence-corrected chi connectivity index (χ4v) is 1.60. The van der Waals surface area contributed by atoms with Crippen molar-refractivity contribution in [2.24, 2.45) is 0 Å². The molecule has 0 saturated heterocycles. The van der Waals surface area contributed by atoms with Crippen LogP contribution in [0.5, 0.6) is 0 Å². The molecular weight excluding hydrogens is 276 g/mol. The maximum atomic E-state index is 11.8. The van der Waals surface area contributed by atoms with Gasteiger partial charge in [0.1, 0.15) is 0 Å². The van der Waals surface area contributed by atoms with E-state index >= 15 is 0 Å². The van der Waals surface area contributed by atoms with Gasteiger partial charge in [0.05, 0.1) is 26.8 Å². The van der Waals surface area contributed by atoms with Gasteiger partial charge in [-0.2, -0.15) is 0 Å². The van der Waals surface area contributed by atoms with E-state index in [1.54, 1.807) is 11.8 Å². The first kappa shape index (κ1) is 19.4. The average molecular weight is 302 g/mol. The lowest BCUT2D eigenvalue weighted by molar-refractivity contribution is -0.145. The quantitative estimate of drug-likeness (QED) is 0.462. The minimum absolute atomic E-state index is 0.0511. The van der Waals surface area contributed by atoms with E-state index in [0.717, 1.165) is 0 Å². The number of hydrogen-bond acceptors (Lipinski definition) is 6. The van der Waals surface area contributed by atoms with Gasteiger partial charge in [-0.25, -0.2) is 0 Å². The largest absolute Gasteiger partial charge is 0.469 e. The van der Waals surface area contributed by atoms with Crippen molar-refractivity contribution in [1.29, 1.82) is 0 Å². The first-order valence-electron chi connectivity index (χ1n) is 7.13. The van der Waals surface area contributed by atoms with E-state index in [1.165, 1.54) is 7.11 Å². The van der Waals surface area contributed by atoms with E-state index in [4.69, 9.17) is 4.74 Å². The molecule has 0 heterocycles. The van der Waals surface area contributed by atoms with Crippen molar-refractivity contribution >= 4 is 17.8 Å². The molecule has 0 aliphatic rings. The number of rotatable bonds is 10. The fourth-order valence-electron chi connectivity index (χ4n) is 1.60. The van der Waals surface area contributed by atoms with Crippen molar-refractivity contribution < 1.29 is 23.9 Å². The Morgan fingerprint density at radius 2 is 1.81 bits per heavy atom. The Kier molecular flexibility index (Phi) is 10.2. The Morgan fingerprint density at radius 3 is 2.33 bits per heavy atom. The second-order valence-corrected chi connectivity index (χ2v) is 4.83. The lowest BCUT2D eigenvalue weighted by atomic mass is 10.3. The topological polar surface area (TPSA) is 84.9 Å². The molecule has 0 saturated carbocycles. The molecule has 0 spiro atoms. The van der Waals surface area contributed by atoms with Gasteiger partial charge in [0.15, 0.2) is 0 Å². The molecule has 7 nitrogen and oxygen atoms in total. The normalized spacial score (nSPS) is 10.6. The van der Waals surface area contributed by atoms with Crippen LogP contribution in [-0.2, 0) is 23.9 Å². The van der Waals surface area contributed by atoms with Gasteiger partial charge in [-0.05, 0) is 27.2 Å².